The highest BCUT2D eigenvalue weighted by Crippen LogP contribution is 2.25. The zero-order valence-electron chi connectivity index (χ0n) is 5.48. The van der Waals surface area contributed by atoms with E-state index in [4.69, 9.17) is 10.2 Å². The first-order valence-corrected chi connectivity index (χ1v) is 2.86. The number of carboxylic acids is 2. The van der Waals surface area contributed by atoms with Gasteiger partial charge in [0.2, 0.25) is 5.41 Å². The van der Waals surface area contributed by atoms with Crippen LogP contribution in [0.25, 0.3) is 0 Å². The van der Waals surface area contributed by atoms with Crippen molar-refractivity contribution < 1.29 is 24.5 Å². The maximum Gasteiger partial charge on any atom is 0.328 e. The van der Waals surface area contributed by atoms with E-state index in [9.17, 15) is 9.59 Å². The van der Waals surface area contributed by atoms with Gasteiger partial charge in [0.1, 0.15) is 6.61 Å². The Morgan fingerprint density at radius 1 is 1.36 bits per heavy atom. The van der Waals surface area contributed by atoms with Gasteiger partial charge in [-0.05, 0) is 6.08 Å². The highest BCUT2D eigenvalue weighted by atomic mass is 16.5. The highest BCUT2D eigenvalue weighted by molar-refractivity contribution is 6.01. The number of rotatable bonds is 2. The van der Waals surface area contributed by atoms with E-state index in [1.807, 2.05) is 0 Å². The van der Waals surface area contributed by atoms with E-state index in [1.54, 1.807) is 0 Å². The van der Waals surface area contributed by atoms with Gasteiger partial charge < -0.3 is 14.9 Å². The van der Waals surface area contributed by atoms with Crippen LogP contribution in [0.2, 0.25) is 0 Å². The monoisotopic (exact) mass is 158 g/mol. The maximum atomic E-state index is 10.5. The molecule has 60 valence electrons. The normalized spacial score (nSPS) is 19.3. The molecule has 11 heavy (non-hydrogen) atoms. The molecule has 0 aromatic heterocycles. The smallest absolute Gasteiger partial charge is 0.328 e. The van der Waals surface area contributed by atoms with Gasteiger partial charge in [-0.15, -0.1) is 0 Å². The number of carboxylic acid groups (broad SMARTS) is 2. The van der Waals surface area contributed by atoms with Gasteiger partial charge in [0.25, 0.3) is 0 Å². The Labute approximate surface area is 61.9 Å². The van der Waals surface area contributed by atoms with Gasteiger partial charge in [0, 0.05) is 0 Å². The first-order chi connectivity index (χ1) is 5.09. The molecule has 1 heterocycles. The van der Waals surface area contributed by atoms with E-state index in [0.717, 1.165) is 12.3 Å². The standard InChI is InChI=1S/C6H6O5/c7-4(8)6(5(9)10)1-2-11-3-6/h1-2H,3H2,(H,7,8)(H,9,10). The van der Waals surface area contributed by atoms with Crippen LogP contribution in [0.15, 0.2) is 12.3 Å². The largest absolute Gasteiger partial charge is 0.499 e. The number of ether oxygens (including phenoxy) is 1. The number of carbonyl (C=O) groups is 2. The number of hydrogen-bond donors (Lipinski definition) is 2. The van der Waals surface area contributed by atoms with Crippen LogP contribution in [0.4, 0.5) is 0 Å². The summed E-state index contributed by atoms with van der Waals surface area (Å²) in [6.07, 6.45) is 2.11. The van der Waals surface area contributed by atoms with E-state index in [2.05, 4.69) is 4.74 Å². The van der Waals surface area contributed by atoms with Gasteiger partial charge in [0.05, 0.1) is 6.26 Å². The molecule has 0 aromatic rings. The second-order valence-electron chi connectivity index (χ2n) is 2.20. The van der Waals surface area contributed by atoms with Crippen LogP contribution in [-0.4, -0.2) is 28.8 Å². The molecule has 0 amide bonds. The molecule has 1 aliphatic heterocycles. The van der Waals surface area contributed by atoms with E-state index < -0.39 is 17.4 Å². The van der Waals surface area contributed by atoms with Crippen molar-refractivity contribution in [1.82, 2.24) is 0 Å². The molecule has 0 saturated heterocycles. The second-order valence-corrected chi connectivity index (χ2v) is 2.20. The number of aliphatic carboxylic acids is 2. The minimum atomic E-state index is -1.88. The molecule has 0 aliphatic carbocycles. The highest BCUT2D eigenvalue weighted by Gasteiger charge is 2.47. The Kier molecular flexibility index (Phi) is 1.56. The lowest BCUT2D eigenvalue weighted by atomic mass is 9.91. The van der Waals surface area contributed by atoms with Crippen molar-refractivity contribution in [3.05, 3.63) is 12.3 Å². The molecule has 0 bridgehead atoms. The predicted octanol–water partition coefficient (Wildman–Crippen LogP) is -0.314. The van der Waals surface area contributed by atoms with Crippen molar-refractivity contribution in [2.24, 2.45) is 5.41 Å². The van der Waals surface area contributed by atoms with Crippen LogP contribution in [0.3, 0.4) is 0 Å². The third kappa shape index (κ3) is 0.938. The quantitative estimate of drug-likeness (QED) is 0.538. The Balaban J connectivity index is 2.98. The lowest BCUT2D eigenvalue weighted by Gasteiger charge is -2.13. The minimum absolute atomic E-state index is 0.336. The van der Waals surface area contributed by atoms with Crippen molar-refractivity contribution in [2.45, 2.75) is 0 Å². The average molecular weight is 158 g/mol. The summed E-state index contributed by atoms with van der Waals surface area (Å²) in [5, 5.41) is 17.0. The Morgan fingerprint density at radius 3 is 2.09 bits per heavy atom. The molecule has 1 rings (SSSR count). The summed E-state index contributed by atoms with van der Waals surface area (Å²) >= 11 is 0. The first kappa shape index (κ1) is 7.59. The summed E-state index contributed by atoms with van der Waals surface area (Å²) in [5.74, 6) is -2.81. The third-order valence-electron chi connectivity index (χ3n) is 1.52. The van der Waals surface area contributed by atoms with E-state index >= 15 is 0 Å². The molecule has 0 aromatic carbocycles. The van der Waals surface area contributed by atoms with Gasteiger partial charge in [-0.1, -0.05) is 0 Å². The fourth-order valence-corrected chi connectivity index (χ4v) is 0.749. The van der Waals surface area contributed by atoms with Gasteiger partial charge in [0.15, 0.2) is 0 Å². The fourth-order valence-electron chi connectivity index (χ4n) is 0.749. The van der Waals surface area contributed by atoms with Crippen LogP contribution in [0, 0.1) is 5.41 Å². The molecule has 0 radical (unpaired) electrons. The minimum Gasteiger partial charge on any atom is -0.499 e. The van der Waals surface area contributed by atoms with Crippen molar-refractivity contribution >= 4 is 11.9 Å². The van der Waals surface area contributed by atoms with Crippen LogP contribution >= 0.6 is 0 Å². The third-order valence-corrected chi connectivity index (χ3v) is 1.52. The van der Waals surface area contributed by atoms with E-state index in [0.29, 0.717) is 0 Å². The summed E-state index contributed by atoms with van der Waals surface area (Å²) < 4.78 is 4.54. The van der Waals surface area contributed by atoms with E-state index in [1.165, 1.54) is 0 Å². The lowest BCUT2D eigenvalue weighted by Crippen LogP contribution is -2.38. The Morgan fingerprint density at radius 2 is 1.91 bits per heavy atom. The molecule has 5 nitrogen and oxygen atoms in total. The molecule has 0 atom stereocenters. The van der Waals surface area contributed by atoms with Gasteiger partial charge in [-0.3, -0.25) is 9.59 Å². The van der Waals surface area contributed by atoms with Crippen molar-refractivity contribution in [2.75, 3.05) is 6.61 Å². The first-order valence-electron chi connectivity index (χ1n) is 2.86. The average Bonchev–Trinajstić information content (AvgIpc) is 2.34. The van der Waals surface area contributed by atoms with Crippen LogP contribution < -0.4 is 0 Å². The molecule has 0 fully saturated rings. The molecule has 0 saturated carbocycles. The lowest BCUT2D eigenvalue weighted by molar-refractivity contribution is -0.161. The van der Waals surface area contributed by atoms with Gasteiger partial charge in [-0.25, -0.2) is 0 Å². The predicted molar refractivity (Wildman–Crippen MR) is 32.8 cm³/mol. The second kappa shape index (κ2) is 2.26. The SMILES string of the molecule is O=C(O)C1(C(=O)O)C=COC1. The molecule has 0 unspecified atom stereocenters. The molecule has 5 heteroatoms. The maximum absolute atomic E-state index is 10.5. The summed E-state index contributed by atoms with van der Waals surface area (Å²) in [4.78, 5) is 20.9. The molecule has 2 N–H and O–H groups in total. The van der Waals surface area contributed by atoms with Gasteiger partial charge >= 0.3 is 11.9 Å². The summed E-state index contributed by atoms with van der Waals surface area (Å²) in [6.45, 7) is -0.336. The zero-order valence-corrected chi connectivity index (χ0v) is 5.48. The molecule has 1 aliphatic rings. The van der Waals surface area contributed by atoms with Crippen molar-refractivity contribution in [3.63, 3.8) is 0 Å². The Hall–Kier alpha value is -1.52. The Bertz CT molecular complexity index is 215. The topological polar surface area (TPSA) is 83.8 Å². The van der Waals surface area contributed by atoms with E-state index in [-0.39, 0.29) is 6.61 Å². The zero-order chi connectivity index (χ0) is 8.48. The number of hydrogen-bond acceptors (Lipinski definition) is 3. The molecular weight excluding hydrogens is 152 g/mol. The summed E-state index contributed by atoms with van der Waals surface area (Å²) in [6, 6.07) is 0. The molecule has 0 spiro atoms. The van der Waals surface area contributed by atoms with Crippen LogP contribution in [0.5, 0.6) is 0 Å². The fraction of sp³-hybridized carbons (Fsp3) is 0.333. The van der Waals surface area contributed by atoms with Gasteiger partial charge in [-0.2, -0.15) is 0 Å². The summed E-state index contributed by atoms with van der Waals surface area (Å²) in [5.41, 5.74) is -1.88. The summed E-state index contributed by atoms with van der Waals surface area (Å²) in [7, 11) is 0. The van der Waals surface area contributed by atoms with Crippen LogP contribution in [0.1, 0.15) is 0 Å². The molecular formula is C6H6O5. The van der Waals surface area contributed by atoms with Crippen molar-refractivity contribution in [3.8, 4) is 0 Å². The van der Waals surface area contributed by atoms with Crippen LogP contribution in [-0.2, 0) is 14.3 Å². The van der Waals surface area contributed by atoms with Crippen molar-refractivity contribution in [1.29, 1.82) is 0 Å².